The number of nitrogens with zero attached hydrogens (tertiary/aromatic N) is 1. The van der Waals surface area contributed by atoms with Crippen molar-refractivity contribution in [3.05, 3.63) is 35.9 Å². The lowest BCUT2D eigenvalue weighted by Crippen LogP contribution is -2.37. The van der Waals surface area contributed by atoms with Crippen molar-refractivity contribution in [1.82, 2.24) is 4.90 Å². The lowest BCUT2D eigenvalue weighted by Gasteiger charge is -2.37. The van der Waals surface area contributed by atoms with Crippen LogP contribution in [0.5, 0.6) is 0 Å². The molecular formula is C21H35NO2. The van der Waals surface area contributed by atoms with E-state index in [1.54, 1.807) is 0 Å². The lowest BCUT2D eigenvalue weighted by molar-refractivity contribution is -0.0454. The largest absolute Gasteiger partial charge is 0.395 e. The second-order valence-electron chi connectivity index (χ2n) is 7.72. The zero-order chi connectivity index (χ0) is 17.4. The van der Waals surface area contributed by atoms with Gasteiger partial charge in [-0.05, 0) is 36.2 Å². The van der Waals surface area contributed by atoms with Gasteiger partial charge in [-0.3, -0.25) is 4.90 Å². The fourth-order valence-corrected chi connectivity index (χ4v) is 3.89. The monoisotopic (exact) mass is 333 g/mol. The highest BCUT2D eigenvalue weighted by molar-refractivity contribution is 5.14. The molecule has 1 fully saturated rings. The van der Waals surface area contributed by atoms with Crippen molar-refractivity contribution in [3.8, 4) is 0 Å². The van der Waals surface area contributed by atoms with E-state index in [0.717, 1.165) is 25.6 Å². The van der Waals surface area contributed by atoms with Gasteiger partial charge in [0, 0.05) is 19.6 Å². The predicted octanol–water partition coefficient (Wildman–Crippen LogP) is 3.96. The molecule has 0 amide bonds. The Balaban J connectivity index is 1.82. The summed E-state index contributed by atoms with van der Waals surface area (Å²) in [6, 6.07) is 10.5. The van der Waals surface area contributed by atoms with E-state index in [9.17, 15) is 5.11 Å². The van der Waals surface area contributed by atoms with E-state index in [-0.39, 0.29) is 6.61 Å². The molecule has 24 heavy (non-hydrogen) atoms. The van der Waals surface area contributed by atoms with E-state index >= 15 is 0 Å². The molecule has 1 aromatic rings. The van der Waals surface area contributed by atoms with E-state index in [1.165, 1.54) is 24.8 Å². The van der Waals surface area contributed by atoms with Crippen LogP contribution in [0.4, 0.5) is 0 Å². The van der Waals surface area contributed by atoms with Crippen LogP contribution in [0.2, 0.25) is 0 Å². The van der Waals surface area contributed by atoms with Gasteiger partial charge in [0.05, 0.1) is 19.3 Å². The second-order valence-corrected chi connectivity index (χ2v) is 7.72. The summed E-state index contributed by atoms with van der Waals surface area (Å²) in [6.45, 7) is 10.4. The van der Waals surface area contributed by atoms with Crippen molar-refractivity contribution in [2.75, 3.05) is 26.3 Å². The van der Waals surface area contributed by atoms with E-state index in [1.807, 2.05) is 6.07 Å². The van der Waals surface area contributed by atoms with Gasteiger partial charge in [-0.25, -0.2) is 0 Å². The molecule has 1 aliphatic carbocycles. The maximum Gasteiger partial charge on any atom is 0.0608 e. The highest BCUT2D eigenvalue weighted by atomic mass is 16.5. The van der Waals surface area contributed by atoms with Crippen LogP contribution in [0.25, 0.3) is 0 Å². The second kappa shape index (κ2) is 10.2. The third-order valence-corrected chi connectivity index (χ3v) is 5.37. The Bertz CT molecular complexity index is 448. The molecule has 2 rings (SSSR count). The summed E-state index contributed by atoms with van der Waals surface area (Å²) in [5.74, 6) is 2.17. The van der Waals surface area contributed by atoms with Crippen molar-refractivity contribution in [3.63, 3.8) is 0 Å². The maximum atomic E-state index is 9.33. The first-order valence-electron chi connectivity index (χ1n) is 9.59. The normalized spacial score (nSPS) is 24.7. The van der Waals surface area contributed by atoms with Crippen LogP contribution in [0.15, 0.2) is 30.3 Å². The summed E-state index contributed by atoms with van der Waals surface area (Å²) >= 11 is 0. The number of benzene rings is 1. The SMILES string of the molecule is CC(C)[C@@H]1CC[C@@H](C)C[C@H]1OCCN(CCO)Cc1ccccc1. The van der Waals surface area contributed by atoms with Gasteiger partial charge >= 0.3 is 0 Å². The molecule has 136 valence electrons. The highest BCUT2D eigenvalue weighted by Gasteiger charge is 2.31. The number of aliphatic hydroxyl groups is 1. The molecule has 0 radical (unpaired) electrons. The van der Waals surface area contributed by atoms with Gasteiger partial charge < -0.3 is 9.84 Å². The summed E-state index contributed by atoms with van der Waals surface area (Å²) in [5.41, 5.74) is 1.29. The first-order chi connectivity index (χ1) is 11.6. The molecule has 0 aromatic heterocycles. The van der Waals surface area contributed by atoms with Crippen LogP contribution in [0.3, 0.4) is 0 Å². The molecule has 0 spiro atoms. The molecule has 1 saturated carbocycles. The number of hydrogen-bond donors (Lipinski definition) is 1. The standard InChI is InChI=1S/C21H35NO2/c1-17(2)20-10-9-18(3)15-21(20)24-14-12-22(11-13-23)16-19-7-5-4-6-8-19/h4-8,17-18,20-21,23H,9-16H2,1-3H3/t18-,20+,21-/m1/s1. The van der Waals surface area contributed by atoms with E-state index < -0.39 is 0 Å². The van der Waals surface area contributed by atoms with Gasteiger partial charge in [-0.15, -0.1) is 0 Å². The molecule has 0 heterocycles. The zero-order valence-corrected chi connectivity index (χ0v) is 15.7. The topological polar surface area (TPSA) is 32.7 Å². The summed E-state index contributed by atoms with van der Waals surface area (Å²) in [5, 5.41) is 9.33. The first kappa shape index (κ1) is 19.4. The minimum atomic E-state index is 0.196. The quantitative estimate of drug-likeness (QED) is 0.742. The fraction of sp³-hybridized carbons (Fsp3) is 0.714. The zero-order valence-electron chi connectivity index (χ0n) is 15.7. The number of aliphatic hydroxyl groups excluding tert-OH is 1. The third kappa shape index (κ3) is 6.19. The van der Waals surface area contributed by atoms with Crippen LogP contribution in [-0.2, 0) is 11.3 Å². The summed E-state index contributed by atoms with van der Waals surface area (Å²) < 4.78 is 6.32. The molecule has 0 saturated heterocycles. The van der Waals surface area contributed by atoms with Crippen molar-refractivity contribution in [2.24, 2.45) is 17.8 Å². The van der Waals surface area contributed by atoms with Gasteiger partial charge in [-0.1, -0.05) is 57.5 Å². The van der Waals surface area contributed by atoms with Crippen molar-refractivity contribution >= 4 is 0 Å². The molecule has 1 aliphatic rings. The molecule has 1 N–H and O–H groups in total. The van der Waals surface area contributed by atoms with E-state index in [0.29, 0.717) is 24.5 Å². The summed E-state index contributed by atoms with van der Waals surface area (Å²) in [7, 11) is 0. The molecule has 3 atom stereocenters. The molecular weight excluding hydrogens is 298 g/mol. The Morgan fingerprint density at radius 2 is 1.92 bits per heavy atom. The molecule has 3 heteroatoms. The van der Waals surface area contributed by atoms with Crippen LogP contribution in [-0.4, -0.2) is 42.4 Å². The van der Waals surface area contributed by atoms with Gasteiger partial charge in [0.2, 0.25) is 0 Å². The third-order valence-electron chi connectivity index (χ3n) is 5.37. The van der Waals surface area contributed by atoms with Gasteiger partial charge in [0.1, 0.15) is 0 Å². The molecule has 0 aliphatic heterocycles. The van der Waals surface area contributed by atoms with Gasteiger partial charge in [0.25, 0.3) is 0 Å². The number of hydrogen-bond acceptors (Lipinski definition) is 3. The van der Waals surface area contributed by atoms with Crippen LogP contribution in [0.1, 0.15) is 45.6 Å². The number of ether oxygens (including phenoxy) is 1. The summed E-state index contributed by atoms with van der Waals surface area (Å²) in [6.07, 6.45) is 4.24. The van der Waals surface area contributed by atoms with Crippen molar-refractivity contribution in [2.45, 2.75) is 52.7 Å². The highest BCUT2D eigenvalue weighted by Crippen LogP contribution is 2.35. The Labute approximate surface area is 148 Å². The van der Waals surface area contributed by atoms with Crippen LogP contribution < -0.4 is 0 Å². The van der Waals surface area contributed by atoms with Crippen molar-refractivity contribution in [1.29, 1.82) is 0 Å². The van der Waals surface area contributed by atoms with Gasteiger partial charge in [-0.2, -0.15) is 0 Å². The molecule has 0 bridgehead atoms. The number of rotatable bonds is 9. The average molecular weight is 334 g/mol. The molecule has 0 unspecified atom stereocenters. The van der Waals surface area contributed by atoms with Crippen LogP contribution in [0, 0.1) is 17.8 Å². The van der Waals surface area contributed by atoms with Gasteiger partial charge in [0.15, 0.2) is 0 Å². The fourth-order valence-electron chi connectivity index (χ4n) is 3.89. The summed E-state index contributed by atoms with van der Waals surface area (Å²) in [4.78, 5) is 2.28. The first-order valence-corrected chi connectivity index (χ1v) is 9.59. The average Bonchev–Trinajstić information content (AvgIpc) is 2.56. The van der Waals surface area contributed by atoms with Crippen molar-refractivity contribution < 1.29 is 9.84 Å². The lowest BCUT2D eigenvalue weighted by atomic mass is 9.75. The van der Waals surface area contributed by atoms with E-state index in [2.05, 4.69) is 49.9 Å². The minimum Gasteiger partial charge on any atom is -0.395 e. The predicted molar refractivity (Wildman–Crippen MR) is 99.9 cm³/mol. The van der Waals surface area contributed by atoms with Crippen LogP contribution >= 0.6 is 0 Å². The maximum absolute atomic E-state index is 9.33. The Morgan fingerprint density at radius 1 is 1.17 bits per heavy atom. The molecule has 1 aromatic carbocycles. The Hall–Kier alpha value is -0.900. The molecule has 3 nitrogen and oxygen atoms in total. The minimum absolute atomic E-state index is 0.196. The smallest absolute Gasteiger partial charge is 0.0608 e. The Kier molecular flexibility index (Phi) is 8.23. The Morgan fingerprint density at radius 3 is 2.58 bits per heavy atom. The van der Waals surface area contributed by atoms with E-state index in [4.69, 9.17) is 4.74 Å².